The number of ether oxygens (including phenoxy) is 1. The van der Waals surface area contributed by atoms with Crippen LogP contribution in [0.5, 0.6) is 0 Å². The molecule has 6 nitrogen and oxygen atoms in total. The number of hydrogen-bond acceptors (Lipinski definition) is 4. The zero-order valence-electron chi connectivity index (χ0n) is 13.8. The zero-order chi connectivity index (χ0) is 15.9. The number of piperidine rings is 1. The minimum absolute atomic E-state index is 0.00960. The number of carbonyl (C=O) groups excluding carboxylic acids is 1. The number of hydrogen-bond donors (Lipinski definition) is 1. The highest BCUT2D eigenvalue weighted by Crippen LogP contribution is 2.18. The third-order valence-electron chi connectivity index (χ3n) is 4.28. The first-order valence-electron chi connectivity index (χ1n) is 8.20. The van der Waals surface area contributed by atoms with Crippen molar-refractivity contribution in [3.63, 3.8) is 0 Å². The molecule has 0 unspecified atom stereocenters. The first-order chi connectivity index (χ1) is 10.5. The van der Waals surface area contributed by atoms with Gasteiger partial charge in [-0.25, -0.2) is 4.79 Å². The number of carbonyl (C=O) groups is 1. The van der Waals surface area contributed by atoms with E-state index in [1.54, 1.807) is 6.26 Å². The second-order valence-electron chi connectivity index (χ2n) is 6.46. The molecule has 2 heterocycles. The Balaban J connectivity index is 1.76. The summed E-state index contributed by atoms with van der Waals surface area (Å²) in [7, 11) is -0.881. The van der Waals surface area contributed by atoms with Gasteiger partial charge in [0.25, 0.3) is 0 Å². The SMILES string of the molecule is C[C@H](C[S@](C)=O)NC(=O)N1CCC[C@H](CN2CCOCC2)C1. The van der Waals surface area contributed by atoms with Crippen molar-refractivity contribution in [1.82, 2.24) is 15.1 Å². The van der Waals surface area contributed by atoms with Crippen LogP contribution in [0.3, 0.4) is 0 Å². The van der Waals surface area contributed by atoms with Crippen LogP contribution >= 0.6 is 0 Å². The summed E-state index contributed by atoms with van der Waals surface area (Å²) in [6, 6.07) is -0.0532. The minimum atomic E-state index is -0.881. The van der Waals surface area contributed by atoms with Gasteiger partial charge in [0.2, 0.25) is 0 Å². The van der Waals surface area contributed by atoms with E-state index in [1.165, 1.54) is 6.42 Å². The number of amides is 2. The predicted octanol–water partition coefficient (Wildman–Crippen LogP) is 0.507. The second kappa shape index (κ2) is 8.84. The van der Waals surface area contributed by atoms with Crippen molar-refractivity contribution in [3.8, 4) is 0 Å². The summed E-state index contributed by atoms with van der Waals surface area (Å²) < 4.78 is 16.6. The highest BCUT2D eigenvalue weighted by Gasteiger charge is 2.26. The van der Waals surface area contributed by atoms with Crippen LogP contribution in [-0.4, -0.2) is 84.0 Å². The highest BCUT2D eigenvalue weighted by molar-refractivity contribution is 7.84. The van der Waals surface area contributed by atoms with Crippen LogP contribution in [-0.2, 0) is 15.5 Å². The molecule has 0 aliphatic carbocycles. The molecule has 128 valence electrons. The van der Waals surface area contributed by atoms with Gasteiger partial charge in [-0.3, -0.25) is 9.11 Å². The average Bonchev–Trinajstić information content (AvgIpc) is 2.47. The van der Waals surface area contributed by atoms with Gasteiger partial charge in [0.15, 0.2) is 0 Å². The van der Waals surface area contributed by atoms with E-state index in [-0.39, 0.29) is 12.1 Å². The molecular weight excluding hydrogens is 302 g/mol. The maximum atomic E-state index is 12.3. The summed E-state index contributed by atoms with van der Waals surface area (Å²) in [6.07, 6.45) is 3.92. The number of likely N-dealkylation sites (tertiary alicyclic amines) is 1. The Hall–Kier alpha value is -0.660. The molecule has 0 aromatic heterocycles. The van der Waals surface area contributed by atoms with E-state index >= 15 is 0 Å². The molecule has 2 rings (SSSR count). The van der Waals surface area contributed by atoms with Gasteiger partial charge >= 0.3 is 6.03 Å². The largest absolute Gasteiger partial charge is 0.379 e. The molecule has 2 aliphatic rings. The smallest absolute Gasteiger partial charge is 0.317 e. The monoisotopic (exact) mass is 331 g/mol. The number of morpholine rings is 1. The van der Waals surface area contributed by atoms with Crippen LogP contribution in [0, 0.1) is 5.92 Å². The Morgan fingerprint density at radius 1 is 1.36 bits per heavy atom. The van der Waals surface area contributed by atoms with Gasteiger partial charge in [0, 0.05) is 61.6 Å². The lowest BCUT2D eigenvalue weighted by Crippen LogP contribution is -2.51. The summed E-state index contributed by atoms with van der Waals surface area (Å²) in [5.41, 5.74) is 0. The standard InChI is InChI=1S/C15H29N3O3S/c1-13(12-22(2)20)16-15(19)18-5-3-4-14(11-18)10-17-6-8-21-9-7-17/h13-14H,3-12H2,1-2H3,(H,16,19)/t13-,14-,22+/m1/s1. The minimum Gasteiger partial charge on any atom is -0.379 e. The van der Waals surface area contributed by atoms with Crippen molar-refractivity contribution < 1.29 is 13.7 Å². The lowest BCUT2D eigenvalue weighted by atomic mass is 9.97. The van der Waals surface area contributed by atoms with Gasteiger partial charge in [-0.15, -0.1) is 0 Å². The highest BCUT2D eigenvalue weighted by atomic mass is 32.2. The molecule has 0 aromatic rings. The molecule has 2 amide bonds. The molecule has 1 N–H and O–H groups in total. The van der Waals surface area contributed by atoms with Gasteiger partial charge < -0.3 is 15.0 Å². The fourth-order valence-corrected chi connectivity index (χ4v) is 4.03. The van der Waals surface area contributed by atoms with Gasteiger partial charge in [-0.05, 0) is 25.7 Å². The summed E-state index contributed by atoms with van der Waals surface area (Å²) in [6.45, 7) is 8.27. The Labute approximate surface area is 136 Å². The quantitative estimate of drug-likeness (QED) is 0.797. The number of rotatable bonds is 5. The first kappa shape index (κ1) is 17.7. The topological polar surface area (TPSA) is 61.9 Å². The number of urea groups is 1. The van der Waals surface area contributed by atoms with Gasteiger partial charge in [-0.1, -0.05) is 0 Å². The predicted molar refractivity (Wildman–Crippen MR) is 88.5 cm³/mol. The van der Waals surface area contributed by atoms with Gasteiger partial charge in [0.1, 0.15) is 0 Å². The molecule has 0 radical (unpaired) electrons. The van der Waals surface area contributed by atoms with Crippen molar-refractivity contribution in [2.75, 3.05) is 57.9 Å². The molecule has 0 saturated carbocycles. The van der Waals surface area contributed by atoms with E-state index in [1.807, 2.05) is 11.8 Å². The lowest BCUT2D eigenvalue weighted by Gasteiger charge is -2.37. The molecule has 3 atom stereocenters. The maximum Gasteiger partial charge on any atom is 0.317 e. The number of nitrogens with zero attached hydrogens (tertiary/aromatic N) is 2. The molecule has 7 heteroatoms. The van der Waals surface area contributed by atoms with Crippen LogP contribution in [0.2, 0.25) is 0 Å². The van der Waals surface area contributed by atoms with Crippen LogP contribution in [0.25, 0.3) is 0 Å². The van der Waals surface area contributed by atoms with Crippen LogP contribution in [0.15, 0.2) is 0 Å². The molecule has 2 fully saturated rings. The van der Waals surface area contributed by atoms with Crippen LogP contribution in [0.4, 0.5) is 4.79 Å². The van der Waals surface area contributed by atoms with Crippen molar-refractivity contribution in [2.24, 2.45) is 5.92 Å². The van der Waals surface area contributed by atoms with E-state index < -0.39 is 10.8 Å². The Bertz CT molecular complexity index is 388. The van der Waals surface area contributed by atoms with E-state index in [9.17, 15) is 9.00 Å². The third-order valence-corrected chi connectivity index (χ3v) is 5.25. The molecule has 0 bridgehead atoms. The summed E-state index contributed by atoms with van der Waals surface area (Å²) in [5, 5.41) is 2.97. The molecule has 0 aromatic carbocycles. The van der Waals surface area contributed by atoms with E-state index in [0.717, 1.165) is 52.4 Å². The zero-order valence-corrected chi connectivity index (χ0v) is 14.6. The Morgan fingerprint density at radius 3 is 2.77 bits per heavy atom. The first-order valence-corrected chi connectivity index (χ1v) is 9.93. The van der Waals surface area contributed by atoms with Crippen molar-refractivity contribution >= 4 is 16.8 Å². The normalized spacial score (nSPS) is 26.5. The Kier molecular flexibility index (Phi) is 7.11. The second-order valence-corrected chi connectivity index (χ2v) is 7.94. The van der Waals surface area contributed by atoms with Gasteiger partial charge in [-0.2, -0.15) is 0 Å². The fraction of sp³-hybridized carbons (Fsp3) is 0.933. The molecule has 2 saturated heterocycles. The van der Waals surface area contributed by atoms with Crippen LogP contribution < -0.4 is 5.32 Å². The maximum absolute atomic E-state index is 12.3. The third kappa shape index (κ3) is 5.85. The van der Waals surface area contributed by atoms with Gasteiger partial charge in [0.05, 0.1) is 13.2 Å². The van der Waals surface area contributed by atoms with E-state index in [4.69, 9.17) is 4.74 Å². The van der Waals surface area contributed by atoms with E-state index in [2.05, 4.69) is 10.2 Å². The summed E-state index contributed by atoms with van der Waals surface area (Å²) in [5.74, 6) is 1.06. The number of nitrogens with one attached hydrogen (secondary N) is 1. The van der Waals surface area contributed by atoms with Crippen LogP contribution in [0.1, 0.15) is 19.8 Å². The molecule has 0 spiro atoms. The lowest BCUT2D eigenvalue weighted by molar-refractivity contribution is 0.0248. The fourth-order valence-electron chi connectivity index (χ4n) is 3.24. The van der Waals surface area contributed by atoms with Crippen molar-refractivity contribution in [1.29, 1.82) is 0 Å². The van der Waals surface area contributed by atoms with Crippen molar-refractivity contribution in [2.45, 2.75) is 25.8 Å². The van der Waals surface area contributed by atoms with E-state index in [0.29, 0.717) is 11.7 Å². The summed E-state index contributed by atoms with van der Waals surface area (Å²) >= 11 is 0. The average molecular weight is 331 g/mol. The van der Waals surface area contributed by atoms with Crippen molar-refractivity contribution in [3.05, 3.63) is 0 Å². The molecular formula is C15H29N3O3S. The summed E-state index contributed by atoms with van der Waals surface area (Å²) in [4.78, 5) is 16.7. The Morgan fingerprint density at radius 2 is 2.09 bits per heavy atom. The molecule has 22 heavy (non-hydrogen) atoms. The molecule has 2 aliphatic heterocycles.